The van der Waals surface area contributed by atoms with Gasteiger partial charge in [0.1, 0.15) is 5.75 Å². The second kappa shape index (κ2) is 6.43. The van der Waals surface area contributed by atoms with Crippen LogP contribution in [0.25, 0.3) is 6.08 Å². The molecule has 5 heteroatoms. The Hall–Kier alpha value is -2.01. The minimum atomic E-state index is -0.773. The van der Waals surface area contributed by atoms with Gasteiger partial charge < -0.3 is 19.3 Å². The van der Waals surface area contributed by atoms with E-state index < -0.39 is 18.4 Å². The normalized spacial score (nSPS) is 21.4. The highest BCUT2D eigenvalue weighted by atomic mass is 16.8. The van der Waals surface area contributed by atoms with Gasteiger partial charge in [-0.25, -0.2) is 4.79 Å². The molecule has 0 bridgehead atoms. The minimum absolute atomic E-state index is 0.334. The molecule has 0 radical (unpaired) electrons. The Bertz CT molecular complexity index is 491. The van der Waals surface area contributed by atoms with E-state index in [2.05, 4.69) is 0 Å². The van der Waals surface area contributed by atoms with Gasteiger partial charge in [0.2, 0.25) is 0 Å². The number of aliphatic hydroxyl groups excluding tert-OH is 1. The number of ether oxygens (including phenoxy) is 3. The van der Waals surface area contributed by atoms with E-state index in [-0.39, 0.29) is 0 Å². The average molecular weight is 278 g/mol. The molecule has 5 nitrogen and oxygen atoms in total. The van der Waals surface area contributed by atoms with Gasteiger partial charge in [-0.3, -0.25) is 0 Å². The Balaban J connectivity index is 2.18. The highest BCUT2D eigenvalue weighted by Gasteiger charge is 2.36. The van der Waals surface area contributed by atoms with Gasteiger partial charge >= 0.3 is 6.16 Å². The van der Waals surface area contributed by atoms with Crippen molar-refractivity contribution < 1.29 is 24.1 Å². The van der Waals surface area contributed by atoms with Crippen LogP contribution in [-0.2, 0) is 9.47 Å². The van der Waals surface area contributed by atoms with Crippen molar-refractivity contribution in [1.29, 1.82) is 0 Å². The minimum Gasteiger partial charge on any atom is -0.497 e. The Kier molecular flexibility index (Phi) is 4.63. The maximum atomic E-state index is 11.2. The monoisotopic (exact) mass is 278 g/mol. The summed E-state index contributed by atoms with van der Waals surface area (Å²) in [7, 11) is 1.59. The molecule has 1 fully saturated rings. The average Bonchev–Trinajstić information content (AvgIpc) is 2.81. The molecule has 20 heavy (non-hydrogen) atoms. The third kappa shape index (κ3) is 3.30. The van der Waals surface area contributed by atoms with Crippen LogP contribution in [-0.4, -0.2) is 30.6 Å². The van der Waals surface area contributed by atoms with Crippen LogP contribution in [0.5, 0.6) is 5.75 Å². The SMILES string of the molecule is CCC[C@@H](O)[C@H]1OC(=O)O/C1=C\c1ccc(OC)cc1. The number of hydrogen-bond donors (Lipinski definition) is 1. The fraction of sp³-hybridized carbons (Fsp3) is 0.400. The molecular weight excluding hydrogens is 260 g/mol. The number of hydrogen-bond acceptors (Lipinski definition) is 5. The lowest BCUT2D eigenvalue weighted by Gasteiger charge is -2.14. The van der Waals surface area contributed by atoms with Crippen molar-refractivity contribution >= 4 is 12.2 Å². The van der Waals surface area contributed by atoms with E-state index >= 15 is 0 Å². The molecule has 0 aliphatic carbocycles. The smallest absolute Gasteiger partial charge is 0.497 e. The lowest BCUT2D eigenvalue weighted by molar-refractivity contribution is 0.0361. The molecule has 0 unspecified atom stereocenters. The van der Waals surface area contributed by atoms with Crippen molar-refractivity contribution in [2.45, 2.75) is 32.0 Å². The predicted molar refractivity (Wildman–Crippen MR) is 73.2 cm³/mol. The fourth-order valence-corrected chi connectivity index (χ4v) is 2.03. The summed E-state index contributed by atoms with van der Waals surface area (Å²) in [6, 6.07) is 7.28. The molecule has 1 aliphatic heterocycles. The van der Waals surface area contributed by atoms with Crippen LogP contribution in [0.3, 0.4) is 0 Å². The van der Waals surface area contributed by atoms with Gasteiger partial charge in [-0.2, -0.15) is 0 Å². The summed E-state index contributed by atoms with van der Waals surface area (Å²) in [4.78, 5) is 11.2. The molecule has 0 saturated carbocycles. The highest BCUT2D eigenvalue weighted by molar-refractivity contribution is 5.69. The van der Waals surface area contributed by atoms with Crippen molar-refractivity contribution in [3.8, 4) is 5.75 Å². The molecule has 1 aliphatic rings. The molecule has 1 saturated heterocycles. The van der Waals surface area contributed by atoms with Crippen molar-refractivity contribution in [1.82, 2.24) is 0 Å². The summed E-state index contributed by atoms with van der Waals surface area (Å²) in [6.07, 6.45) is 0.769. The Morgan fingerprint density at radius 3 is 2.70 bits per heavy atom. The van der Waals surface area contributed by atoms with E-state index in [1.165, 1.54) is 0 Å². The molecule has 0 spiro atoms. The van der Waals surface area contributed by atoms with Crippen LogP contribution in [0, 0.1) is 0 Å². The molecule has 1 aromatic carbocycles. The van der Waals surface area contributed by atoms with Gasteiger partial charge in [0, 0.05) is 0 Å². The van der Waals surface area contributed by atoms with Crippen molar-refractivity contribution in [2.75, 3.05) is 7.11 Å². The first-order chi connectivity index (χ1) is 9.63. The quantitative estimate of drug-likeness (QED) is 0.839. The van der Waals surface area contributed by atoms with Crippen molar-refractivity contribution in [3.05, 3.63) is 35.6 Å². The van der Waals surface area contributed by atoms with E-state index in [0.717, 1.165) is 17.7 Å². The molecule has 2 rings (SSSR count). The summed E-state index contributed by atoms with van der Waals surface area (Å²) in [5.41, 5.74) is 0.841. The summed E-state index contributed by atoms with van der Waals surface area (Å²) < 4.78 is 15.1. The molecule has 1 heterocycles. The van der Waals surface area contributed by atoms with Gasteiger partial charge in [-0.05, 0) is 30.2 Å². The number of cyclic esters (lactones) is 2. The van der Waals surface area contributed by atoms with Crippen LogP contribution in [0.2, 0.25) is 0 Å². The van der Waals surface area contributed by atoms with E-state index in [4.69, 9.17) is 14.2 Å². The van der Waals surface area contributed by atoms with Gasteiger partial charge in [0.05, 0.1) is 13.2 Å². The summed E-state index contributed by atoms with van der Waals surface area (Å²) in [5.74, 6) is 1.08. The van der Waals surface area contributed by atoms with Crippen molar-refractivity contribution in [3.63, 3.8) is 0 Å². The number of carbonyl (C=O) groups excluding carboxylic acids is 1. The van der Waals surface area contributed by atoms with Gasteiger partial charge in [-0.1, -0.05) is 25.5 Å². The second-order valence-corrected chi connectivity index (χ2v) is 4.57. The molecule has 1 aromatic rings. The Morgan fingerprint density at radius 1 is 1.40 bits per heavy atom. The summed E-state index contributed by atoms with van der Waals surface area (Å²) >= 11 is 0. The molecule has 0 amide bonds. The fourth-order valence-electron chi connectivity index (χ4n) is 2.03. The lowest BCUT2D eigenvalue weighted by atomic mass is 10.1. The van der Waals surface area contributed by atoms with Gasteiger partial charge in [0.25, 0.3) is 0 Å². The van der Waals surface area contributed by atoms with Crippen LogP contribution in [0.1, 0.15) is 25.3 Å². The van der Waals surface area contributed by atoms with Crippen LogP contribution >= 0.6 is 0 Å². The highest BCUT2D eigenvalue weighted by Crippen LogP contribution is 2.26. The van der Waals surface area contributed by atoms with E-state index in [1.807, 2.05) is 31.2 Å². The zero-order valence-corrected chi connectivity index (χ0v) is 11.5. The number of benzene rings is 1. The number of rotatable bonds is 5. The second-order valence-electron chi connectivity index (χ2n) is 4.57. The Morgan fingerprint density at radius 2 is 2.10 bits per heavy atom. The molecule has 1 N–H and O–H groups in total. The first-order valence-corrected chi connectivity index (χ1v) is 6.56. The van der Waals surface area contributed by atoms with Crippen molar-refractivity contribution in [2.24, 2.45) is 0 Å². The first-order valence-electron chi connectivity index (χ1n) is 6.56. The third-order valence-electron chi connectivity index (χ3n) is 3.06. The largest absolute Gasteiger partial charge is 0.514 e. The molecule has 2 atom stereocenters. The maximum Gasteiger partial charge on any atom is 0.514 e. The lowest BCUT2D eigenvalue weighted by Crippen LogP contribution is -2.26. The zero-order chi connectivity index (χ0) is 14.5. The summed E-state index contributed by atoms with van der Waals surface area (Å²) in [6.45, 7) is 1.95. The number of methoxy groups -OCH3 is 1. The van der Waals surface area contributed by atoms with E-state index in [9.17, 15) is 9.90 Å². The molecular formula is C15H18O5. The zero-order valence-electron chi connectivity index (χ0n) is 11.5. The Labute approximate surface area is 117 Å². The topological polar surface area (TPSA) is 65.0 Å². The van der Waals surface area contributed by atoms with Crippen LogP contribution < -0.4 is 4.74 Å². The van der Waals surface area contributed by atoms with Gasteiger partial charge in [-0.15, -0.1) is 0 Å². The van der Waals surface area contributed by atoms with E-state index in [0.29, 0.717) is 12.2 Å². The standard InChI is InChI=1S/C15H18O5/c1-3-4-12(16)14-13(19-15(17)20-14)9-10-5-7-11(18-2)8-6-10/h5-9,12,14,16H,3-4H2,1-2H3/b13-9-/t12-,14-/m1/s1. The van der Waals surface area contributed by atoms with E-state index in [1.54, 1.807) is 13.2 Å². The maximum absolute atomic E-state index is 11.2. The summed E-state index contributed by atoms with van der Waals surface area (Å²) in [5, 5.41) is 9.98. The van der Waals surface area contributed by atoms with Crippen LogP contribution in [0.15, 0.2) is 30.0 Å². The molecule has 108 valence electrons. The first kappa shape index (κ1) is 14.4. The predicted octanol–water partition coefficient (Wildman–Crippen LogP) is 2.73. The van der Waals surface area contributed by atoms with Gasteiger partial charge in [0.15, 0.2) is 11.9 Å². The molecule has 0 aromatic heterocycles. The number of carbonyl (C=O) groups is 1. The third-order valence-corrected chi connectivity index (χ3v) is 3.06. The van der Waals surface area contributed by atoms with Crippen LogP contribution in [0.4, 0.5) is 4.79 Å². The number of aliphatic hydroxyl groups is 1.